The molecule has 0 radical (unpaired) electrons. The average Bonchev–Trinajstić information content (AvgIpc) is 3.23. The summed E-state index contributed by atoms with van der Waals surface area (Å²) in [5.41, 5.74) is 6.90. The van der Waals surface area contributed by atoms with Crippen molar-refractivity contribution in [1.82, 2.24) is 15.3 Å². The summed E-state index contributed by atoms with van der Waals surface area (Å²) in [4.78, 5) is 35.4. The second kappa shape index (κ2) is 9.54. The number of nitrogens with zero attached hydrogens (tertiary/aromatic N) is 2. The highest BCUT2D eigenvalue weighted by Gasteiger charge is 2.39. The molecule has 2 aromatic carbocycles. The van der Waals surface area contributed by atoms with Crippen LogP contribution in [0, 0.1) is 6.92 Å². The number of aryl methyl sites for hydroxylation is 1. The number of piperidine rings is 1. The molecule has 1 atom stereocenters. The summed E-state index contributed by atoms with van der Waals surface area (Å²) in [6, 6.07) is 14.8. The Hall–Kier alpha value is -3.16. The molecule has 0 aliphatic carbocycles. The first-order chi connectivity index (χ1) is 15.5. The molecule has 168 valence electrons. The van der Waals surface area contributed by atoms with Crippen molar-refractivity contribution in [3.05, 3.63) is 71.6 Å². The molecule has 1 saturated heterocycles. The van der Waals surface area contributed by atoms with Crippen LogP contribution < -0.4 is 5.48 Å². The van der Waals surface area contributed by atoms with E-state index in [4.69, 9.17) is 4.84 Å². The van der Waals surface area contributed by atoms with Gasteiger partial charge in [-0.05, 0) is 42.5 Å². The maximum absolute atomic E-state index is 13.8. The van der Waals surface area contributed by atoms with Crippen LogP contribution in [-0.2, 0) is 9.63 Å². The van der Waals surface area contributed by atoms with E-state index in [0.29, 0.717) is 43.6 Å². The number of aliphatic hydroxyl groups excluding tert-OH is 1. The van der Waals surface area contributed by atoms with Gasteiger partial charge in [0.25, 0.3) is 5.91 Å². The highest BCUT2D eigenvalue weighted by atomic mass is 16.6. The zero-order valence-electron chi connectivity index (χ0n) is 18.5. The Morgan fingerprint density at radius 3 is 2.38 bits per heavy atom. The van der Waals surface area contributed by atoms with E-state index in [1.54, 1.807) is 17.2 Å². The first kappa shape index (κ1) is 22.0. The number of hydrogen-bond acceptors (Lipinski definition) is 5. The van der Waals surface area contributed by atoms with Gasteiger partial charge in [0.15, 0.2) is 0 Å². The van der Waals surface area contributed by atoms with Gasteiger partial charge in [-0.25, -0.2) is 0 Å². The monoisotopic (exact) mass is 435 g/mol. The summed E-state index contributed by atoms with van der Waals surface area (Å²) < 4.78 is 0. The Labute approximate surface area is 188 Å². The fraction of sp³-hybridized carbons (Fsp3) is 0.360. The fourth-order valence-electron chi connectivity index (χ4n) is 4.44. The lowest BCUT2D eigenvalue weighted by Gasteiger charge is -2.34. The molecule has 2 amide bonds. The van der Waals surface area contributed by atoms with Crippen LogP contribution in [0.3, 0.4) is 0 Å². The Balaban J connectivity index is 1.66. The van der Waals surface area contributed by atoms with Crippen LogP contribution in [0.15, 0.2) is 60.4 Å². The van der Waals surface area contributed by atoms with Gasteiger partial charge in [0.2, 0.25) is 5.91 Å². The van der Waals surface area contributed by atoms with Gasteiger partial charge < -0.3 is 14.9 Å². The van der Waals surface area contributed by atoms with Crippen LogP contribution in [-0.4, -0.2) is 59.1 Å². The minimum absolute atomic E-state index is 0.109. The van der Waals surface area contributed by atoms with Gasteiger partial charge >= 0.3 is 0 Å². The van der Waals surface area contributed by atoms with Crippen molar-refractivity contribution in [2.24, 2.45) is 0 Å². The summed E-state index contributed by atoms with van der Waals surface area (Å²) in [7, 11) is 1.50. The number of nitrogens with one attached hydrogen (secondary N) is 1. The SMILES string of the molecule is CONC1=CN(C(=O)c2ccccc2-c2ccccc2C)C(C(=O)N2CCC(O)CC2)C1. The van der Waals surface area contributed by atoms with E-state index in [2.05, 4.69) is 5.48 Å². The van der Waals surface area contributed by atoms with Crippen LogP contribution in [0.25, 0.3) is 11.1 Å². The number of amides is 2. The quantitative estimate of drug-likeness (QED) is 0.706. The number of carbonyl (C=O) groups excluding carboxylic acids is 2. The van der Waals surface area contributed by atoms with Crippen LogP contribution in [0.4, 0.5) is 0 Å². The molecule has 7 nitrogen and oxygen atoms in total. The van der Waals surface area contributed by atoms with Gasteiger partial charge in [-0.3, -0.25) is 19.9 Å². The summed E-state index contributed by atoms with van der Waals surface area (Å²) in [5, 5.41) is 9.80. The molecule has 2 aromatic rings. The van der Waals surface area contributed by atoms with Crippen LogP contribution in [0.2, 0.25) is 0 Å². The number of rotatable bonds is 5. The molecular weight excluding hydrogens is 406 g/mol. The highest BCUT2D eigenvalue weighted by molar-refractivity contribution is 6.04. The summed E-state index contributed by atoms with van der Waals surface area (Å²) in [6.45, 7) is 3.00. The van der Waals surface area contributed by atoms with Crippen molar-refractivity contribution in [3.63, 3.8) is 0 Å². The molecule has 0 spiro atoms. The van der Waals surface area contributed by atoms with Gasteiger partial charge in [-0.15, -0.1) is 0 Å². The molecular formula is C25H29N3O4. The third kappa shape index (κ3) is 4.40. The second-order valence-electron chi connectivity index (χ2n) is 8.31. The number of carbonyl (C=O) groups is 2. The molecule has 4 rings (SSSR count). The number of benzene rings is 2. The standard InChI is InChI=1S/C25H29N3O4/c1-17-7-3-4-8-20(17)21-9-5-6-10-22(21)24(30)28-16-18(26-32-2)15-23(28)25(31)27-13-11-19(29)12-14-27/h3-10,16,19,23,26,29H,11-15H2,1-2H3. The lowest BCUT2D eigenvalue weighted by atomic mass is 9.95. The smallest absolute Gasteiger partial charge is 0.259 e. The van der Waals surface area contributed by atoms with Crippen molar-refractivity contribution >= 4 is 11.8 Å². The van der Waals surface area contributed by atoms with Gasteiger partial charge in [-0.2, -0.15) is 0 Å². The lowest BCUT2D eigenvalue weighted by Crippen LogP contribution is -2.50. The predicted molar refractivity (Wildman–Crippen MR) is 121 cm³/mol. The zero-order valence-corrected chi connectivity index (χ0v) is 18.5. The van der Waals surface area contributed by atoms with Crippen molar-refractivity contribution < 1.29 is 19.5 Å². The van der Waals surface area contributed by atoms with Gasteiger partial charge in [0.05, 0.1) is 18.9 Å². The normalized spacial score (nSPS) is 19.1. The summed E-state index contributed by atoms with van der Waals surface area (Å²) in [5.74, 6) is -0.338. The zero-order chi connectivity index (χ0) is 22.7. The minimum Gasteiger partial charge on any atom is -0.393 e. The molecule has 1 fully saturated rings. The Kier molecular flexibility index (Phi) is 6.58. The second-order valence-corrected chi connectivity index (χ2v) is 8.31. The highest BCUT2D eigenvalue weighted by Crippen LogP contribution is 2.31. The van der Waals surface area contributed by atoms with Crippen LogP contribution in [0.1, 0.15) is 35.2 Å². The number of likely N-dealkylation sites (tertiary alicyclic amines) is 1. The van der Waals surface area contributed by atoms with E-state index in [0.717, 1.165) is 16.7 Å². The predicted octanol–water partition coefficient (Wildman–Crippen LogP) is 2.85. The number of hydrogen-bond donors (Lipinski definition) is 2. The van der Waals surface area contributed by atoms with Crippen LogP contribution in [0.5, 0.6) is 0 Å². The molecule has 32 heavy (non-hydrogen) atoms. The van der Waals surface area contributed by atoms with Crippen molar-refractivity contribution in [2.75, 3.05) is 20.2 Å². The van der Waals surface area contributed by atoms with Crippen molar-refractivity contribution in [3.8, 4) is 11.1 Å². The molecule has 0 bridgehead atoms. The lowest BCUT2D eigenvalue weighted by molar-refractivity contribution is -0.137. The molecule has 0 saturated carbocycles. The number of hydroxylamine groups is 1. The van der Waals surface area contributed by atoms with Gasteiger partial charge in [0, 0.05) is 31.3 Å². The fourth-order valence-corrected chi connectivity index (χ4v) is 4.44. The largest absolute Gasteiger partial charge is 0.393 e. The number of aliphatic hydroxyl groups is 1. The topological polar surface area (TPSA) is 82.1 Å². The van der Waals surface area contributed by atoms with Crippen molar-refractivity contribution in [1.29, 1.82) is 0 Å². The molecule has 7 heteroatoms. The summed E-state index contributed by atoms with van der Waals surface area (Å²) in [6.07, 6.45) is 2.76. The third-order valence-electron chi connectivity index (χ3n) is 6.17. The van der Waals surface area contributed by atoms with E-state index < -0.39 is 6.04 Å². The van der Waals surface area contributed by atoms with E-state index in [1.165, 1.54) is 12.0 Å². The maximum Gasteiger partial charge on any atom is 0.259 e. The molecule has 2 heterocycles. The Morgan fingerprint density at radius 2 is 1.69 bits per heavy atom. The third-order valence-corrected chi connectivity index (χ3v) is 6.17. The Bertz CT molecular complexity index is 1030. The van der Waals surface area contributed by atoms with E-state index >= 15 is 0 Å². The van der Waals surface area contributed by atoms with Gasteiger partial charge in [-0.1, -0.05) is 42.5 Å². The van der Waals surface area contributed by atoms with Gasteiger partial charge in [0.1, 0.15) is 6.04 Å². The average molecular weight is 436 g/mol. The molecule has 2 N–H and O–H groups in total. The Morgan fingerprint density at radius 1 is 1.03 bits per heavy atom. The van der Waals surface area contributed by atoms with Crippen molar-refractivity contribution in [2.45, 2.75) is 38.3 Å². The summed E-state index contributed by atoms with van der Waals surface area (Å²) >= 11 is 0. The molecule has 2 aliphatic heterocycles. The van der Waals surface area contributed by atoms with Crippen LogP contribution >= 0.6 is 0 Å². The molecule has 1 unspecified atom stereocenters. The molecule has 2 aliphatic rings. The van der Waals surface area contributed by atoms with E-state index in [-0.39, 0.29) is 17.9 Å². The maximum atomic E-state index is 13.8. The van der Waals surface area contributed by atoms with E-state index in [9.17, 15) is 14.7 Å². The molecule has 0 aromatic heterocycles. The van der Waals surface area contributed by atoms with E-state index in [1.807, 2.05) is 49.4 Å². The first-order valence-electron chi connectivity index (χ1n) is 10.9. The minimum atomic E-state index is -0.652. The first-order valence-corrected chi connectivity index (χ1v) is 10.9.